The maximum atomic E-state index is 13.7. The number of non-ortho nitro benzene ring substituents is 1. The maximum Gasteiger partial charge on any atom is 0.269 e. The third kappa shape index (κ3) is 6.02. The molecule has 0 radical (unpaired) electrons. The minimum atomic E-state index is -0.417. The molecule has 3 aromatic carbocycles. The lowest BCUT2D eigenvalue weighted by molar-refractivity contribution is -0.384. The van der Waals surface area contributed by atoms with Crippen molar-refractivity contribution in [1.82, 2.24) is 4.90 Å². The van der Waals surface area contributed by atoms with Gasteiger partial charge in [-0.25, -0.2) is 0 Å². The average Bonchev–Trinajstić information content (AvgIpc) is 3.23. The number of nitrogens with one attached hydrogen (secondary N) is 1. The number of anilines is 1. The van der Waals surface area contributed by atoms with Crippen LogP contribution in [0.5, 0.6) is 5.75 Å². The van der Waals surface area contributed by atoms with Gasteiger partial charge in [0.05, 0.1) is 9.83 Å². The second kappa shape index (κ2) is 11.7. The normalized spacial score (nSPS) is 22.4. The number of nitro groups is 1. The van der Waals surface area contributed by atoms with E-state index in [4.69, 9.17) is 4.74 Å². The van der Waals surface area contributed by atoms with Crippen molar-refractivity contribution in [3.05, 3.63) is 105 Å². The Morgan fingerprint density at radius 1 is 1.03 bits per heavy atom. The Kier molecular flexibility index (Phi) is 7.98. The lowest BCUT2D eigenvalue weighted by Crippen LogP contribution is -2.48. The molecule has 7 nitrogen and oxygen atoms in total. The van der Waals surface area contributed by atoms with Crippen molar-refractivity contribution in [3.8, 4) is 5.75 Å². The van der Waals surface area contributed by atoms with Crippen LogP contribution in [0.15, 0.2) is 83.8 Å². The predicted molar refractivity (Wildman–Crippen MR) is 152 cm³/mol. The highest BCUT2D eigenvalue weighted by molar-refractivity contribution is 8.05. The average molecular weight is 530 g/mol. The van der Waals surface area contributed by atoms with Crippen molar-refractivity contribution in [2.45, 2.75) is 50.8 Å². The monoisotopic (exact) mass is 529 g/mol. The number of carbonyl (C=O) groups excluding carboxylic acids is 1. The molecule has 1 amide bonds. The number of nitrogens with zero attached hydrogens (tertiary/aromatic N) is 2. The molecular formula is C30H31N3O4S. The van der Waals surface area contributed by atoms with Gasteiger partial charge in [-0.3, -0.25) is 14.9 Å². The van der Waals surface area contributed by atoms with Crippen LogP contribution in [0.3, 0.4) is 0 Å². The molecule has 3 atom stereocenters. The van der Waals surface area contributed by atoms with E-state index in [2.05, 4.69) is 17.1 Å². The molecule has 2 fully saturated rings. The molecule has 38 heavy (non-hydrogen) atoms. The van der Waals surface area contributed by atoms with Crippen LogP contribution in [0.1, 0.15) is 43.7 Å². The summed E-state index contributed by atoms with van der Waals surface area (Å²) in [5.41, 5.74) is 2.69. The van der Waals surface area contributed by atoms with E-state index in [0.29, 0.717) is 18.3 Å². The smallest absolute Gasteiger partial charge is 0.269 e. The summed E-state index contributed by atoms with van der Waals surface area (Å²) in [5, 5.41) is 14.4. The molecule has 0 aromatic heterocycles. The molecule has 5 rings (SSSR count). The second-order valence-corrected chi connectivity index (χ2v) is 10.9. The van der Waals surface area contributed by atoms with Crippen LogP contribution in [0.25, 0.3) is 6.08 Å². The van der Waals surface area contributed by atoms with Gasteiger partial charge in [0.25, 0.3) is 11.6 Å². The Labute approximate surface area is 227 Å². The molecule has 2 aliphatic rings. The van der Waals surface area contributed by atoms with Gasteiger partial charge in [-0.05, 0) is 72.4 Å². The molecule has 1 heterocycles. The summed E-state index contributed by atoms with van der Waals surface area (Å²) >= 11 is 1.57. The number of hydrogen-bond acceptors (Lipinski definition) is 6. The van der Waals surface area contributed by atoms with Crippen LogP contribution in [0.4, 0.5) is 11.4 Å². The maximum absolute atomic E-state index is 13.7. The number of ether oxygens (including phenoxy) is 1. The van der Waals surface area contributed by atoms with Crippen LogP contribution in [0, 0.1) is 16.0 Å². The minimum absolute atomic E-state index is 0.0585. The summed E-state index contributed by atoms with van der Waals surface area (Å²) in [4.78, 5) is 26.9. The Balaban J connectivity index is 1.29. The van der Waals surface area contributed by atoms with Gasteiger partial charge in [-0.15, -0.1) is 0 Å². The third-order valence-corrected chi connectivity index (χ3v) is 8.27. The van der Waals surface area contributed by atoms with Crippen LogP contribution >= 0.6 is 11.8 Å². The summed E-state index contributed by atoms with van der Waals surface area (Å²) in [6.07, 6.45) is 6.53. The van der Waals surface area contributed by atoms with Crippen LogP contribution < -0.4 is 10.1 Å². The van der Waals surface area contributed by atoms with Gasteiger partial charge < -0.3 is 15.0 Å². The predicted octanol–water partition coefficient (Wildman–Crippen LogP) is 7.06. The number of benzene rings is 3. The molecule has 1 aliphatic carbocycles. The van der Waals surface area contributed by atoms with E-state index in [9.17, 15) is 14.9 Å². The summed E-state index contributed by atoms with van der Waals surface area (Å²) < 4.78 is 5.85. The Morgan fingerprint density at radius 3 is 2.42 bits per heavy atom. The quantitative estimate of drug-likeness (QED) is 0.191. The lowest BCUT2D eigenvalue weighted by Gasteiger charge is -2.39. The van der Waals surface area contributed by atoms with Crippen LogP contribution in [-0.2, 0) is 11.4 Å². The molecule has 0 bridgehead atoms. The van der Waals surface area contributed by atoms with Crippen molar-refractivity contribution in [3.63, 3.8) is 0 Å². The van der Waals surface area contributed by atoms with Gasteiger partial charge in [0, 0.05) is 23.9 Å². The summed E-state index contributed by atoms with van der Waals surface area (Å²) in [7, 11) is 0. The van der Waals surface area contributed by atoms with E-state index in [-0.39, 0.29) is 23.1 Å². The lowest BCUT2D eigenvalue weighted by atomic mass is 9.85. The zero-order valence-corrected chi connectivity index (χ0v) is 22.1. The number of amides is 1. The number of nitro benzene ring substituents is 1. The van der Waals surface area contributed by atoms with Gasteiger partial charge >= 0.3 is 0 Å². The Hall–Kier alpha value is -3.78. The number of thioether (sulfide) groups is 1. The highest BCUT2D eigenvalue weighted by atomic mass is 32.2. The fourth-order valence-corrected chi connectivity index (χ4v) is 6.27. The highest BCUT2D eigenvalue weighted by Gasteiger charge is 2.42. The van der Waals surface area contributed by atoms with Gasteiger partial charge in [0.15, 0.2) is 5.50 Å². The molecular weight excluding hydrogens is 498 g/mol. The fourth-order valence-electron chi connectivity index (χ4n) is 5.06. The number of carbonyl (C=O) groups is 1. The van der Waals surface area contributed by atoms with Crippen LogP contribution in [0.2, 0.25) is 0 Å². The molecule has 196 valence electrons. The Morgan fingerprint density at radius 2 is 1.74 bits per heavy atom. The number of rotatable bonds is 8. The van der Waals surface area contributed by atoms with Gasteiger partial charge in [-0.1, -0.05) is 61.9 Å². The van der Waals surface area contributed by atoms with E-state index in [1.807, 2.05) is 60.7 Å². The van der Waals surface area contributed by atoms with Crippen molar-refractivity contribution in [2.75, 3.05) is 5.32 Å². The Bertz CT molecular complexity index is 1300. The van der Waals surface area contributed by atoms with E-state index in [1.54, 1.807) is 23.9 Å². The highest BCUT2D eigenvalue weighted by Crippen LogP contribution is 2.42. The third-order valence-electron chi connectivity index (χ3n) is 7.15. The molecule has 1 unspecified atom stereocenters. The topological polar surface area (TPSA) is 84.7 Å². The first-order valence-corrected chi connectivity index (χ1v) is 13.8. The first-order valence-electron chi connectivity index (χ1n) is 13.0. The zero-order chi connectivity index (χ0) is 26.5. The molecule has 1 N–H and O–H groups in total. The SMILES string of the molecule is C[C@@H]1CCCC[C@@H]1N1C(=O)/C(=C/c2ccc(OCc3ccc([N+](=O)[O-])cc3)cc2)SC1Nc1ccccc1. The standard InChI is InChI=1S/C30H31N3O4S/c1-21-7-5-6-10-27(21)32-29(34)28(38-30(32)31-24-8-3-2-4-9-24)19-22-13-17-26(18-14-22)37-20-23-11-15-25(16-12-23)33(35)36/h2-4,8-9,11-19,21,27,30-31H,5-7,10,20H2,1H3/b28-19-/t21-,27+,30?/m1/s1. The van der Waals surface area contributed by atoms with E-state index in [0.717, 1.165) is 41.0 Å². The van der Waals surface area contributed by atoms with Crippen LogP contribution in [-0.4, -0.2) is 27.3 Å². The van der Waals surface area contributed by atoms with Gasteiger partial charge in [0.2, 0.25) is 0 Å². The largest absolute Gasteiger partial charge is 0.489 e. The summed E-state index contributed by atoms with van der Waals surface area (Å²) in [5.74, 6) is 1.25. The minimum Gasteiger partial charge on any atom is -0.489 e. The molecule has 1 saturated heterocycles. The zero-order valence-electron chi connectivity index (χ0n) is 21.3. The van der Waals surface area contributed by atoms with Gasteiger partial charge in [0.1, 0.15) is 12.4 Å². The molecule has 3 aromatic rings. The van der Waals surface area contributed by atoms with E-state index in [1.165, 1.54) is 18.6 Å². The number of hydrogen-bond donors (Lipinski definition) is 1. The van der Waals surface area contributed by atoms with Crippen molar-refractivity contribution in [1.29, 1.82) is 0 Å². The first kappa shape index (κ1) is 25.9. The first-order chi connectivity index (χ1) is 18.5. The molecule has 1 saturated carbocycles. The van der Waals surface area contributed by atoms with Gasteiger partial charge in [-0.2, -0.15) is 0 Å². The van der Waals surface area contributed by atoms with E-state index >= 15 is 0 Å². The number of para-hydroxylation sites is 1. The molecule has 0 spiro atoms. The fraction of sp³-hybridized carbons (Fsp3) is 0.300. The second-order valence-electron chi connectivity index (χ2n) is 9.81. The van der Waals surface area contributed by atoms with Crippen molar-refractivity contribution >= 4 is 35.1 Å². The van der Waals surface area contributed by atoms with E-state index < -0.39 is 4.92 Å². The van der Waals surface area contributed by atoms with Crippen molar-refractivity contribution < 1.29 is 14.5 Å². The summed E-state index contributed by atoms with van der Waals surface area (Å²) in [6.45, 7) is 2.58. The summed E-state index contributed by atoms with van der Waals surface area (Å²) in [6, 6.07) is 24.3. The molecule has 1 aliphatic heterocycles. The van der Waals surface area contributed by atoms with Crippen molar-refractivity contribution in [2.24, 2.45) is 5.92 Å². The molecule has 8 heteroatoms.